The SMILES string of the molecule is Cc1ccc(Cl)cc1N1CCC(CNC(=O)Cn2cc(Br)ccc2=O)C1. The van der Waals surface area contributed by atoms with Crippen molar-refractivity contribution in [1.29, 1.82) is 0 Å². The second-order valence-electron chi connectivity index (χ2n) is 6.65. The van der Waals surface area contributed by atoms with E-state index in [4.69, 9.17) is 11.6 Å². The quantitative estimate of drug-likeness (QED) is 0.780. The van der Waals surface area contributed by atoms with Crippen LogP contribution in [0.15, 0.2) is 45.8 Å². The summed E-state index contributed by atoms with van der Waals surface area (Å²) < 4.78 is 2.17. The second-order valence-corrected chi connectivity index (χ2v) is 8.00. The summed E-state index contributed by atoms with van der Waals surface area (Å²) in [7, 11) is 0. The molecule has 0 bridgehead atoms. The number of aromatic nitrogens is 1. The Balaban J connectivity index is 1.53. The molecule has 0 spiro atoms. The number of rotatable bonds is 5. The van der Waals surface area contributed by atoms with E-state index in [1.807, 2.05) is 18.2 Å². The Kier molecular flexibility index (Phi) is 6.04. The Morgan fingerprint density at radius 3 is 2.96 bits per heavy atom. The number of pyridine rings is 1. The summed E-state index contributed by atoms with van der Waals surface area (Å²) in [5.41, 5.74) is 2.17. The van der Waals surface area contributed by atoms with Crippen LogP contribution >= 0.6 is 27.5 Å². The van der Waals surface area contributed by atoms with Crippen LogP contribution in [-0.2, 0) is 11.3 Å². The van der Waals surface area contributed by atoms with Crippen LogP contribution in [0, 0.1) is 12.8 Å². The minimum absolute atomic E-state index is 0.0299. The fraction of sp³-hybridized carbons (Fsp3) is 0.368. The van der Waals surface area contributed by atoms with Crippen LogP contribution in [0.25, 0.3) is 0 Å². The molecular weight excluding hydrogens is 418 g/mol. The molecule has 1 atom stereocenters. The summed E-state index contributed by atoms with van der Waals surface area (Å²) in [6.07, 6.45) is 2.64. The molecule has 1 fully saturated rings. The third-order valence-electron chi connectivity index (χ3n) is 4.65. The third-order valence-corrected chi connectivity index (χ3v) is 5.35. The Labute approximate surface area is 166 Å². The van der Waals surface area contributed by atoms with E-state index in [1.165, 1.54) is 16.2 Å². The number of carbonyl (C=O) groups excluding carboxylic acids is 1. The first kappa shape index (κ1) is 19.0. The van der Waals surface area contributed by atoms with Gasteiger partial charge in [0, 0.05) is 47.1 Å². The summed E-state index contributed by atoms with van der Waals surface area (Å²) in [5, 5.41) is 3.69. The van der Waals surface area contributed by atoms with Crippen molar-refractivity contribution in [2.45, 2.75) is 19.9 Å². The third kappa shape index (κ3) is 4.68. The normalized spacial score (nSPS) is 16.7. The van der Waals surface area contributed by atoms with E-state index >= 15 is 0 Å². The number of amides is 1. The van der Waals surface area contributed by atoms with Gasteiger partial charge in [0.05, 0.1) is 0 Å². The molecular formula is C19H21BrClN3O2. The number of nitrogens with one attached hydrogen (secondary N) is 1. The van der Waals surface area contributed by atoms with Crippen LogP contribution in [0.3, 0.4) is 0 Å². The zero-order valence-electron chi connectivity index (χ0n) is 14.5. The lowest BCUT2D eigenvalue weighted by atomic mass is 10.1. The predicted octanol–water partition coefficient (Wildman–Crippen LogP) is 3.22. The van der Waals surface area contributed by atoms with E-state index in [0.29, 0.717) is 12.5 Å². The van der Waals surface area contributed by atoms with Gasteiger partial charge in [0.25, 0.3) is 5.56 Å². The molecule has 1 aromatic heterocycles. The number of benzene rings is 1. The highest BCUT2D eigenvalue weighted by Gasteiger charge is 2.24. The van der Waals surface area contributed by atoms with Gasteiger partial charge in [-0.2, -0.15) is 0 Å². The molecule has 1 amide bonds. The van der Waals surface area contributed by atoms with E-state index in [2.05, 4.69) is 33.1 Å². The topological polar surface area (TPSA) is 54.3 Å². The summed E-state index contributed by atoms with van der Waals surface area (Å²) in [6.45, 7) is 4.56. The summed E-state index contributed by atoms with van der Waals surface area (Å²) in [6, 6.07) is 9.04. The molecule has 1 aromatic carbocycles. The second kappa shape index (κ2) is 8.27. The molecule has 138 valence electrons. The summed E-state index contributed by atoms with van der Waals surface area (Å²) in [4.78, 5) is 26.3. The molecule has 1 aliphatic rings. The molecule has 0 saturated carbocycles. The number of hydrogen-bond acceptors (Lipinski definition) is 3. The van der Waals surface area contributed by atoms with Crippen molar-refractivity contribution in [2.75, 3.05) is 24.5 Å². The molecule has 2 heterocycles. The highest BCUT2D eigenvalue weighted by molar-refractivity contribution is 9.10. The molecule has 1 aliphatic heterocycles. The van der Waals surface area contributed by atoms with Crippen LogP contribution in [-0.4, -0.2) is 30.1 Å². The number of carbonyl (C=O) groups is 1. The number of hydrogen-bond donors (Lipinski definition) is 1. The number of aryl methyl sites for hydroxylation is 1. The van der Waals surface area contributed by atoms with Gasteiger partial charge >= 0.3 is 0 Å². The van der Waals surface area contributed by atoms with Crippen molar-refractivity contribution in [2.24, 2.45) is 5.92 Å². The van der Waals surface area contributed by atoms with Gasteiger partial charge in [-0.15, -0.1) is 0 Å². The standard InChI is InChI=1S/C19H21BrClN3O2/c1-13-2-4-16(21)8-17(13)23-7-6-14(10-23)9-22-18(25)12-24-11-15(20)3-5-19(24)26/h2-5,8,11,14H,6-7,9-10,12H2,1H3,(H,22,25). The predicted molar refractivity (Wildman–Crippen MR) is 108 cm³/mol. The molecule has 1 N–H and O–H groups in total. The molecule has 1 unspecified atom stereocenters. The maximum absolute atomic E-state index is 12.2. The van der Waals surface area contributed by atoms with Gasteiger partial charge in [0.1, 0.15) is 6.54 Å². The van der Waals surface area contributed by atoms with Crippen molar-refractivity contribution < 1.29 is 4.79 Å². The lowest BCUT2D eigenvalue weighted by Gasteiger charge is -2.21. The van der Waals surface area contributed by atoms with E-state index in [-0.39, 0.29) is 18.0 Å². The smallest absolute Gasteiger partial charge is 0.251 e. The van der Waals surface area contributed by atoms with Gasteiger partial charge < -0.3 is 14.8 Å². The van der Waals surface area contributed by atoms with Crippen molar-refractivity contribution in [3.05, 3.63) is 61.9 Å². The number of nitrogens with zero attached hydrogens (tertiary/aromatic N) is 2. The fourth-order valence-corrected chi connectivity index (χ4v) is 3.78. The lowest BCUT2D eigenvalue weighted by molar-refractivity contribution is -0.121. The zero-order valence-corrected chi connectivity index (χ0v) is 16.9. The van der Waals surface area contributed by atoms with Crippen molar-refractivity contribution in [1.82, 2.24) is 9.88 Å². The molecule has 5 nitrogen and oxygen atoms in total. The van der Waals surface area contributed by atoms with Crippen LogP contribution in [0.1, 0.15) is 12.0 Å². The van der Waals surface area contributed by atoms with Gasteiger partial charge in [0.2, 0.25) is 5.91 Å². The Morgan fingerprint density at radius 1 is 1.35 bits per heavy atom. The molecule has 1 saturated heterocycles. The van der Waals surface area contributed by atoms with Gasteiger partial charge in [0.15, 0.2) is 0 Å². The summed E-state index contributed by atoms with van der Waals surface area (Å²) >= 11 is 9.43. The van der Waals surface area contributed by atoms with Crippen LogP contribution in [0.4, 0.5) is 5.69 Å². The molecule has 26 heavy (non-hydrogen) atoms. The first-order chi connectivity index (χ1) is 12.4. The minimum Gasteiger partial charge on any atom is -0.371 e. The van der Waals surface area contributed by atoms with Crippen molar-refractivity contribution >= 4 is 39.1 Å². The average molecular weight is 439 g/mol. The van der Waals surface area contributed by atoms with E-state index in [9.17, 15) is 9.59 Å². The Morgan fingerprint density at radius 2 is 2.15 bits per heavy atom. The summed E-state index contributed by atoms with van der Waals surface area (Å²) in [5.74, 6) is 0.235. The maximum atomic E-state index is 12.2. The Hall–Kier alpha value is -1.79. The van der Waals surface area contributed by atoms with E-state index in [0.717, 1.165) is 34.7 Å². The number of halogens is 2. The fourth-order valence-electron chi connectivity index (χ4n) is 3.24. The monoisotopic (exact) mass is 437 g/mol. The van der Waals surface area contributed by atoms with Crippen molar-refractivity contribution in [3.63, 3.8) is 0 Å². The molecule has 0 radical (unpaired) electrons. The van der Waals surface area contributed by atoms with E-state index < -0.39 is 0 Å². The molecule has 0 aliphatic carbocycles. The van der Waals surface area contributed by atoms with Crippen LogP contribution in [0.5, 0.6) is 0 Å². The molecule has 2 aromatic rings. The first-order valence-electron chi connectivity index (χ1n) is 8.56. The van der Waals surface area contributed by atoms with E-state index in [1.54, 1.807) is 12.3 Å². The van der Waals surface area contributed by atoms with Crippen LogP contribution in [0.2, 0.25) is 5.02 Å². The molecule has 3 rings (SSSR count). The van der Waals surface area contributed by atoms with Crippen molar-refractivity contribution in [3.8, 4) is 0 Å². The average Bonchev–Trinajstić information content (AvgIpc) is 3.07. The van der Waals surface area contributed by atoms with Gasteiger partial charge in [-0.05, 0) is 59.0 Å². The van der Waals surface area contributed by atoms with Gasteiger partial charge in [-0.3, -0.25) is 9.59 Å². The molecule has 7 heteroatoms. The lowest BCUT2D eigenvalue weighted by Crippen LogP contribution is -2.35. The highest BCUT2D eigenvalue weighted by atomic mass is 79.9. The maximum Gasteiger partial charge on any atom is 0.251 e. The number of anilines is 1. The largest absolute Gasteiger partial charge is 0.371 e. The minimum atomic E-state index is -0.188. The zero-order chi connectivity index (χ0) is 18.7. The highest BCUT2D eigenvalue weighted by Crippen LogP contribution is 2.29. The Bertz CT molecular complexity index is 868. The van der Waals surface area contributed by atoms with Gasteiger partial charge in [-0.1, -0.05) is 17.7 Å². The van der Waals surface area contributed by atoms with Gasteiger partial charge in [-0.25, -0.2) is 0 Å². The first-order valence-corrected chi connectivity index (χ1v) is 9.73. The van der Waals surface area contributed by atoms with Crippen LogP contribution < -0.4 is 15.8 Å².